The molecule has 0 atom stereocenters. The molecule has 164 valence electrons. The lowest BCUT2D eigenvalue weighted by Gasteiger charge is -2.34. The van der Waals surface area contributed by atoms with Gasteiger partial charge in [0.2, 0.25) is 11.1 Å². The molecule has 1 fully saturated rings. The Kier molecular flexibility index (Phi) is 6.75. The van der Waals surface area contributed by atoms with Gasteiger partial charge in [0, 0.05) is 43.5 Å². The Labute approximate surface area is 193 Å². The van der Waals surface area contributed by atoms with Gasteiger partial charge < -0.3 is 10.6 Å². The Balaban J connectivity index is 1.29. The van der Waals surface area contributed by atoms with Crippen LogP contribution >= 0.6 is 22.7 Å². The molecule has 0 spiro atoms. The number of guanidine groups is 1. The smallest absolute Gasteiger partial charge is 0.277 e. The van der Waals surface area contributed by atoms with E-state index < -0.39 is 0 Å². The summed E-state index contributed by atoms with van der Waals surface area (Å²) in [7, 11) is 0. The number of nitrogens with one attached hydrogen (secondary N) is 1. The summed E-state index contributed by atoms with van der Waals surface area (Å²) in [6.07, 6.45) is 0. The molecule has 0 saturated carbocycles. The zero-order chi connectivity index (χ0) is 22.5. The molecule has 1 amide bonds. The zero-order valence-corrected chi connectivity index (χ0v) is 19.1. The summed E-state index contributed by atoms with van der Waals surface area (Å²) in [6.45, 7) is 6.17. The van der Waals surface area contributed by atoms with Crippen molar-refractivity contribution in [1.29, 1.82) is 5.26 Å². The number of nitrogens with zero attached hydrogens (tertiary/aromatic N) is 6. The maximum Gasteiger partial charge on any atom is 0.277 e. The lowest BCUT2D eigenvalue weighted by molar-refractivity contribution is 0.0972. The Hall–Kier alpha value is -3.33. The molecule has 0 aliphatic carbocycles. The standard InChI is InChI=1S/C21H22N8OS2/c1-14-12-31-20(24-14)27-19(23)26-18(30)17-13-32-21(25-17)29-8-6-28(7-9-29)11-16-4-2-15(10-22)3-5-16/h2-5,12-13H,6-9,11H2,1H3,(H3,23,24,26,27,30). The number of amides is 1. The van der Waals surface area contributed by atoms with Crippen molar-refractivity contribution in [2.75, 3.05) is 31.1 Å². The molecule has 3 N–H and O–H groups in total. The predicted octanol–water partition coefficient (Wildman–Crippen LogP) is 2.48. The van der Waals surface area contributed by atoms with Gasteiger partial charge in [-0.15, -0.1) is 22.7 Å². The molecule has 0 radical (unpaired) electrons. The third kappa shape index (κ3) is 5.47. The first-order valence-corrected chi connectivity index (χ1v) is 11.8. The van der Waals surface area contributed by atoms with Gasteiger partial charge in [0.05, 0.1) is 17.3 Å². The van der Waals surface area contributed by atoms with E-state index in [2.05, 4.69) is 36.1 Å². The van der Waals surface area contributed by atoms with Gasteiger partial charge in [-0.3, -0.25) is 15.0 Å². The van der Waals surface area contributed by atoms with Gasteiger partial charge in [-0.05, 0) is 24.6 Å². The van der Waals surface area contributed by atoms with E-state index in [-0.39, 0.29) is 11.9 Å². The van der Waals surface area contributed by atoms with Gasteiger partial charge in [0.15, 0.2) is 5.13 Å². The van der Waals surface area contributed by atoms with E-state index >= 15 is 0 Å². The lowest BCUT2D eigenvalue weighted by Crippen LogP contribution is -2.46. The molecule has 9 nitrogen and oxygen atoms in total. The number of carbonyl (C=O) groups excluding carboxylic acids is 1. The number of hydrogen-bond acceptors (Lipinski definition) is 9. The maximum absolute atomic E-state index is 12.5. The maximum atomic E-state index is 12.5. The number of carbonyl (C=O) groups is 1. The molecule has 32 heavy (non-hydrogen) atoms. The van der Waals surface area contributed by atoms with Crippen LogP contribution in [0, 0.1) is 18.3 Å². The molecule has 2 aromatic heterocycles. The summed E-state index contributed by atoms with van der Waals surface area (Å²) in [5.41, 5.74) is 8.87. The Morgan fingerprint density at radius 3 is 2.59 bits per heavy atom. The summed E-state index contributed by atoms with van der Waals surface area (Å²) in [4.78, 5) is 29.8. The van der Waals surface area contributed by atoms with Crippen LogP contribution in [0.25, 0.3) is 0 Å². The van der Waals surface area contributed by atoms with E-state index in [4.69, 9.17) is 11.0 Å². The SMILES string of the molecule is Cc1csc(N=C(N)NC(=O)c2csc(N3CCN(Cc4ccc(C#N)cc4)CC3)n2)n1. The second kappa shape index (κ2) is 9.86. The number of anilines is 1. The second-order valence-corrected chi connectivity index (χ2v) is 8.98. The van der Waals surface area contributed by atoms with Crippen LogP contribution in [0.5, 0.6) is 0 Å². The fraction of sp³-hybridized carbons (Fsp3) is 0.286. The average Bonchev–Trinajstić information content (AvgIpc) is 3.44. The topological polar surface area (TPSA) is 124 Å². The van der Waals surface area contributed by atoms with Gasteiger partial charge in [0.1, 0.15) is 5.69 Å². The van der Waals surface area contributed by atoms with Crippen LogP contribution < -0.4 is 16.0 Å². The van der Waals surface area contributed by atoms with E-state index in [1.54, 1.807) is 5.38 Å². The normalized spacial score (nSPS) is 14.9. The highest BCUT2D eigenvalue weighted by atomic mass is 32.1. The fourth-order valence-corrected chi connectivity index (χ4v) is 4.79. The van der Waals surface area contributed by atoms with E-state index in [0.717, 1.165) is 43.5 Å². The van der Waals surface area contributed by atoms with Crippen molar-refractivity contribution < 1.29 is 4.79 Å². The molecular formula is C21H22N8OS2. The van der Waals surface area contributed by atoms with Crippen molar-refractivity contribution in [3.05, 3.63) is 57.5 Å². The van der Waals surface area contributed by atoms with Crippen molar-refractivity contribution in [1.82, 2.24) is 20.2 Å². The average molecular weight is 467 g/mol. The monoisotopic (exact) mass is 466 g/mol. The van der Waals surface area contributed by atoms with Gasteiger partial charge in [-0.25, -0.2) is 9.97 Å². The summed E-state index contributed by atoms with van der Waals surface area (Å²) < 4.78 is 0. The highest BCUT2D eigenvalue weighted by Crippen LogP contribution is 2.23. The zero-order valence-electron chi connectivity index (χ0n) is 17.5. The molecule has 4 rings (SSSR count). The van der Waals surface area contributed by atoms with Crippen LogP contribution in [0.1, 0.15) is 27.3 Å². The van der Waals surface area contributed by atoms with Gasteiger partial charge in [-0.1, -0.05) is 12.1 Å². The summed E-state index contributed by atoms with van der Waals surface area (Å²) in [5, 5.41) is 16.4. The number of aryl methyl sites for hydroxylation is 1. The highest BCUT2D eigenvalue weighted by molar-refractivity contribution is 7.14. The van der Waals surface area contributed by atoms with Crippen molar-refractivity contribution in [3.63, 3.8) is 0 Å². The Bertz CT molecular complexity index is 1150. The Morgan fingerprint density at radius 1 is 1.19 bits per heavy atom. The van der Waals surface area contributed by atoms with E-state index in [1.165, 1.54) is 28.2 Å². The number of nitrogens with two attached hydrogens (primary N) is 1. The summed E-state index contributed by atoms with van der Waals surface area (Å²) in [6, 6.07) is 9.85. The summed E-state index contributed by atoms with van der Waals surface area (Å²) >= 11 is 2.80. The summed E-state index contributed by atoms with van der Waals surface area (Å²) in [5.74, 6) is -0.392. The van der Waals surface area contributed by atoms with E-state index in [1.807, 2.05) is 36.6 Å². The van der Waals surface area contributed by atoms with Crippen LogP contribution in [0.2, 0.25) is 0 Å². The molecule has 0 bridgehead atoms. The minimum Gasteiger partial charge on any atom is -0.369 e. The number of benzene rings is 1. The van der Waals surface area contributed by atoms with Crippen molar-refractivity contribution in [2.24, 2.45) is 10.7 Å². The molecule has 1 saturated heterocycles. The largest absolute Gasteiger partial charge is 0.369 e. The molecule has 11 heteroatoms. The van der Waals surface area contributed by atoms with Crippen LogP contribution in [0.15, 0.2) is 40.0 Å². The highest BCUT2D eigenvalue weighted by Gasteiger charge is 2.21. The minimum atomic E-state index is -0.388. The number of nitriles is 1. The number of piperazine rings is 1. The predicted molar refractivity (Wildman–Crippen MR) is 126 cm³/mol. The van der Waals surface area contributed by atoms with Gasteiger partial charge >= 0.3 is 0 Å². The number of aromatic nitrogens is 2. The number of aliphatic imine (C=N–C) groups is 1. The van der Waals surface area contributed by atoms with Gasteiger partial charge in [0.25, 0.3) is 5.91 Å². The molecule has 3 aromatic rings. The van der Waals surface area contributed by atoms with E-state index in [0.29, 0.717) is 16.4 Å². The third-order valence-electron chi connectivity index (χ3n) is 4.92. The first-order chi connectivity index (χ1) is 15.5. The first-order valence-electron chi connectivity index (χ1n) is 9.99. The van der Waals surface area contributed by atoms with Crippen LogP contribution in [0.4, 0.5) is 10.3 Å². The second-order valence-electron chi connectivity index (χ2n) is 7.31. The quantitative estimate of drug-likeness (QED) is 0.437. The first kappa shape index (κ1) is 21.9. The van der Waals surface area contributed by atoms with Crippen LogP contribution in [-0.4, -0.2) is 52.9 Å². The molecule has 0 unspecified atom stereocenters. The van der Waals surface area contributed by atoms with Gasteiger partial charge in [-0.2, -0.15) is 10.3 Å². The number of rotatable bonds is 5. The fourth-order valence-electron chi connectivity index (χ4n) is 3.26. The van der Waals surface area contributed by atoms with Crippen molar-refractivity contribution in [3.8, 4) is 6.07 Å². The van der Waals surface area contributed by atoms with Crippen LogP contribution in [-0.2, 0) is 6.54 Å². The van der Waals surface area contributed by atoms with Crippen molar-refractivity contribution in [2.45, 2.75) is 13.5 Å². The molecular weight excluding hydrogens is 444 g/mol. The molecule has 3 heterocycles. The minimum absolute atomic E-state index is 0.00434. The third-order valence-corrected chi connectivity index (χ3v) is 6.68. The number of thiazole rings is 2. The van der Waals surface area contributed by atoms with Crippen molar-refractivity contribution >= 4 is 44.8 Å². The molecule has 1 aliphatic rings. The Morgan fingerprint density at radius 2 is 1.94 bits per heavy atom. The van der Waals surface area contributed by atoms with Crippen LogP contribution in [0.3, 0.4) is 0 Å². The lowest BCUT2D eigenvalue weighted by atomic mass is 10.1. The number of hydrogen-bond donors (Lipinski definition) is 2. The molecule has 1 aliphatic heterocycles. The molecule has 1 aromatic carbocycles. The van der Waals surface area contributed by atoms with E-state index in [9.17, 15) is 4.79 Å².